The van der Waals surface area contributed by atoms with E-state index in [1.165, 1.54) is 26.4 Å². The molecule has 2 saturated heterocycles. The molecule has 2 bridgehead atoms. The lowest BCUT2D eigenvalue weighted by Crippen LogP contribution is -2.64. The molecule has 0 aromatic heterocycles. The van der Waals surface area contributed by atoms with Gasteiger partial charge in [0.15, 0.2) is 4.90 Å². The first-order valence-electron chi connectivity index (χ1n) is 23.5. The van der Waals surface area contributed by atoms with Gasteiger partial charge >= 0.3 is 16.1 Å². The molecule has 1 aromatic rings. The minimum atomic E-state index is -4.63. The summed E-state index contributed by atoms with van der Waals surface area (Å²) >= 11 is 0. The van der Waals surface area contributed by atoms with Crippen LogP contribution in [0.3, 0.4) is 0 Å². The van der Waals surface area contributed by atoms with Crippen LogP contribution in [0.15, 0.2) is 52.5 Å². The van der Waals surface area contributed by atoms with Crippen LogP contribution in [0.25, 0.3) is 0 Å². The number of halogens is 1. The number of aliphatic hydroxyl groups excluding tert-OH is 1. The van der Waals surface area contributed by atoms with Gasteiger partial charge in [0.25, 0.3) is 17.4 Å². The Balaban J connectivity index is 1.46. The number of ketones is 2. The lowest BCUT2D eigenvalue weighted by molar-refractivity contribution is -0.387. The number of piperidine rings is 1. The number of nitrogens with zero attached hydrogens (tertiary/aromatic N) is 2. The smallest absolute Gasteiger partial charge is 0.329 e. The van der Waals surface area contributed by atoms with Crippen molar-refractivity contribution >= 4 is 39.2 Å². The molecule has 3 heterocycles. The third kappa shape index (κ3) is 12.4. The van der Waals surface area contributed by atoms with E-state index in [2.05, 4.69) is 0 Å². The minimum absolute atomic E-state index is 0.0138. The average Bonchev–Trinajstić information content (AvgIpc) is 3.30. The van der Waals surface area contributed by atoms with Crippen LogP contribution in [0.1, 0.15) is 112 Å². The number of nitro groups is 1. The molecule has 3 aliphatic heterocycles. The molecule has 5 rings (SSSR count). The third-order valence-corrected chi connectivity index (χ3v) is 15.6. The van der Waals surface area contributed by atoms with E-state index in [1.807, 2.05) is 19.9 Å². The number of carbonyl (C=O) groups excluding carboxylic acids is 4. The van der Waals surface area contributed by atoms with Crippen molar-refractivity contribution in [3.63, 3.8) is 0 Å². The molecule has 67 heavy (non-hydrogen) atoms. The van der Waals surface area contributed by atoms with E-state index in [1.54, 1.807) is 33.8 Å². The van der Waals surface area contributed by atoms with E-state index in [0.717, 1.165) is 17.0 Å². The van der Waals surface area contributed by atoms with Gasteiger partial charge in [-0.25, -0.2) is 9.18 Å². The first kappa shape index (κ1) is 54.0. The SMILES string of the molecule is CCC1C=C(C)C(F)C(C)CC(OC)C2OC(O)(C(=O)C(=O)N3CCCCC3C(=O)OC(C(C)=CC3CCC(OS(=O)(=O)c4ccccc4[N+](=O)[O-])C(O)C3)C(C)CCC1=O)C(C)CC2OC. The van der Waals surface area contributed by atoms with Gasteiger partial charge in [-0.2, -0.15) is 8.42 Å². The van der Waals surface area contributed by atoms with Gasteiger partial charge in [0.2, 0.25) is 5.79 Å². The molecular formula is C48H69FN2O15S. The number of allylic oxidation sites excluding steroid dienone is 3. The van der Waals surface area contributed by atoms with Gasteiger partial charge in [0.05, 0.1) is 23.2 Å². The third-order valence-electron chi connectivity index (χ3n) is 14.2. The van der Waals surface area contributed by atoms with Crippen molar-refractivity contribution in [2.24, 2.45) is 29.6 Å². The molecule has 14 unspecified atom stereocenters. The van der Waals surface area contributed by atoms with Crippen LogP contribution in [-0.2, 0) is 52.4 Å². The van der Waals surface area contributed by atoms with E-state index < -0.39 is 122 Å². The number of methoxy groups -OCH3 is 2. The molecule has 14 atom stereocenters. The monoisotopic (exact) mass is 964 g/mol. The number of carbonyl (C=O) groups is 4. The van der Waals surface area contributed by atoms with Gasteiger partial charge in [0.1, 0.15) is 36.3 Å². The fourth-order valence-corrected chi connectivity index (χ4v) is 11.5. The van der Waals surface area contributed by atoms with Crippen LogP contribution in [0.5, 0.6) is 0 Å². The molecule has 19 heteroatoms. The molecule has 1 saturated carbocycles. The van der Waals surface area contributed by atoms with Crippen LogP contribution in [0.2, 0.25) is 0 Å². The van der Waals surface area contributed by atoms with Crippen LogP contribution >= 0.6 is 0 Å². The number of hydrogen-bond donors (Lipinski definition) is 2. The molecule has 1 aromatic carbocycles. The van der Waals surface area contributed by atoms with Crippen LogP contribution in [0.4, 0.5) is 10.1 Å². The molecular weight excluding hydrogens is 896 g/mol. The van der Waals surface area contributed by atoms with Crippen molar-refractivity contribution in [3.8, 4) is 0 Å². The Hall–Kier alpha value is -3.98. The Morgan fingerprint density at radius 1 is 0.985 bits per heavy atom. The molecule has 0 spiro atoms. The number of cyclic esters (lactones) is 1. The Labute approximate surface area is 393 Å². The van der Waals surface area contributed by atoms with E-state index in [0.29, 0.717) is 36.8 Å². The molecule has 0 radical (unpaired) electrons. The zero-order valence-electron chi connectivity index (χ0n) is 39.8. The summed E-state index contributed by atoms with van der Waals surface area (Å²) in [6.07, 6.45) is -1.71. The second-order valence-electron chi connectivity index (χ2n) is 19.0. The summed E-state index contributed by atoms with van der Waals surface area (Å²) in [5.41, 5.74) is 0.249. The molecule has 3 fully saturated rings. The fraction of sp³-hybridized carbons (Fsp3) is 0.708. The van der Waals surface area contributed by atoms with Gasteiger partial charge in [-0.15, -0.1) is 0 Å². The highest BCUT2D eigenvalue weighted by molar-refractivity contribution is 7.87. The van der Waals surface area contributed by atoms with Gasteiger partial charge < -0.3 is 34.1 Å². The maximum absolute atomic E-state index is 16.3. The number of amides is 1. The van der Waals surface area contributed by atoms with Gasteiger partial charge in [-0.1, -0.05) is 52.0 Å². The number of alkyl halides is 1. The molecule has 2 N–H and O–H groups in total. The zero-order chi connectivity index (χ0) is 49.5. The Kier molecular flexibility index (Phi) is 18.6. The Morgan fingerprint density at radius 3 is 2.30 bits per heavy atom. The van der Waals surface area contributed by atoms with E-state index in [-0.39, 0.29) is 63.2 Å². The Bertz CT molecular complexity index is 2130. The van der Waals surface area contributed by atoms with Crippen molar-refractivity contribution in [1.82, 2.24) is 4.90 Å². The summed E-state index contributed by atoms with van der Waals surface area (Å²) in [4.78, 5) is 68.1. The first-order valence-corrected chi connectivity index (χ1v) is 24.9. The van der Waals surface area contributed by atoms with Crippen LogP contribution < -0.4 is 0 Å². The number of para-hydroxylation sites is 1. The lowest BCUT2D eigenvalue weighted by atomic mass is 9.81. The van der Waals surface area contributed by atoms with Crippen molar-refractivity contribution in [3.05, 3.63) is 57.7 Å². The topological polar surface area (TPSA) is 235 Å². The number of ether oxygens (including phenoxy) is 4. The minimum Gasteiger partial charge on any atom is -0.456 e. The van der Waals surface area contributed by atoms with Gasteiger partial charge in [-0.05, 0) is 113 Å². The number of esters is 1. The van der Waals surface area contributed by atoms with Crippen molar-refractivity contribution in [2.45, 2.75) is 172 Å². The number of benzene rings is 1. The second-order valence-corrected chi connectivity index (χ2v) is 20.6. The van der Waals surface area contributed by atoms with Gasteiger partial charge in [0, 0.05) is 45.1 Å². The van der Waals surface area contributed by atoms with E-state index >= 15 is 4.39 Å². The first-order chi connectivity index (χ1) is 31.6. The standard InChI is InChI=1S/C48H69FN2O15S/c1-9-33-23-28(3)42(49)29(4)24-39(62-7)44-40(63-8)25-31(6)48(57,65-44)45(54)46(55)50-21-13-12-15-35(50)47(56)64-43(27(2)17-19-36(33)52)30(5)22-32-18-20-38(37(53)26-32)66-67(60,61)41-16-11-10-14-34(41)51(58)59/h10-11,14,16,22-23,27,29,31-33,35,37-40,42-44,53,57H,9,12-13,15,17-21,24-26H2,1-8H3. The Morgan fingerprint density at radius 2 is 1.66 bits per heavy atom. The van der Waals surface area contributed by atoms with Crippen molar-refractivity contribution in [1.29, 1.82) is 0 Å². The van der Waals surface area contributed by atoms with E-state index in [9.17, 15) is 47.9 Å². The van der Waals surface area contributed by atoms with Crippen LogP contribution in [0, 0.1) is 39.7 Å². The number of fused-ring (bicyclic) bond motifs is 3. The number of Topliss-reactive ketones (excluding diaryl/α,β-unsaturated/α-hetero) is 2. The highest BCUT2D eigenvalue weighted by atomic mass is 32.2. The average molecular weight is 965 g/mol. The maximum Gasteiger partial charge on any atom is 0.329 e. The summed E-state index contributed by atoms with van der Waals surface area (Å²) in [6, 6.07) is 3.55. The summed E-state index contributed by atoms with van der Waals surface area (Å²) in [5.74, 6) is -9.04. The maximum atomic E-state index is 16.3. The highest BCUT2D eigenvalue weighted by Gasteiger charge is 2.57. The van der Waals surface area contributed by atoms with E-state index in [4.69, 9.17) is 23.1 Å². The largest absolute Gasteiger partial charge is 0.456 e. The highest BCUT2D eigenvalue weighted by Crippen LogP contribution is 2.40. The quantitative estimate of drug-likeness (QED) is 0.0709. The lowest BCUT2D eigenvalue weighted by Gasteiger charge is -2.47. The fourth-order valence-electron chi connectivity index (χ4n) is 10.2. The molecule has 1 amide bonds. The number of rotatable bonds is 9. The molecule has 1 aliphatic carbocycles. The predicted molar refractivity (Wildman–Crippen MR) is 241 cm³/mol. The summed E-state index contributed by atoms with van der Waals surface area (Å²) in [6.45, 7) is 10.3. The predicted octanol–water partition coefficient (Wildman–Crippen LogP) is 6.12. The zero-order valence-corrected chi connectivity index (χ0v) is 40.7. The molecule has 17 nitrogen and oxygen atoms in total. The van der Waals surface area contributed by atoms with Crippen molar-refractivity contribution < 1.29 is 70.3 Å². The molecule has 374 valence electrons. The molecule has 4 aliphatic rings. The number of aliphatic hydroxyl groups is 2. The summed E-state index contributed by atoms with van der Waals surface area (Å²) in [7, 11) is -1.79. The van der Waals surface area contributed by atoms with Gasteiger partial charge in [-0.3, -0.25) is 28.7 Å². The van der Waals surface area contributed by atoms with Crippen molar-refractivity contribution in [2.75, 3.05) is 20.8 Å². The van der Waals surface area contributed by atoms with Crippen LogP contribution in [-0.4, -0.2) is 127 Å². The second kappa shape index (κ2) is 23.1. The number of nitro benzene ring substituents is 1. The normalized spacial score (nSPS) is 36.0. The summed E-state index contributed by atoms with van der Waals surface area (Å²) in [5, 5.41) is 34.8. The number of hydrogen-bond acceptors (Lipinski definition) is 15. The summed E-state index contributed by atoms with van der Waals surface area (Å²) < 4.78 is 72.0.